The summed E-state index contributed by atoms with van der Waals surface area (Å²) in [5.41, 5.74) is 5.40. The molecule has 8 heteroatoms. The zero-order valence-corrected chi connectivity index (χ0v) is 12.1. The molecular formula is C12H23N3O5. The molecule has 0 spiro atoms. The third-order valence-corrected chi connectivity index (χ3v) is 2.71. The van der Waals surface area contributed by atoms with Crippen molar-refractivity contribution in [3.05, 3.63) is 0 Å². The Morgan fingerprint density at radius 2 is 1.40 bits per heavy atom. The first-order valence-corrected chi connectivity index (χ1v) is 6.35. The van der Waals surface area contributed by atoms with E-state index in [2.05, 4.69) is 10.6 Å². The lowest BCUT2D eigenvalue weighted by Crippen LogP contribution is -2.57. The topological polar surface area (TPSA) is 142 Å². The molecular weight excluding hydrogens is 266 g/mol. The predicted molar refractivity (Wildman–Crippen MR) is 71.7 cm³/mol. The monoisotopic (exact) mass is 289 g/mol. The largest absolute Gasteiger partial charge is 0.480 e. The minimum Gasteiger partial charge on any atom is -0.480 e. The van der Waals surface area contributed by atoms with Crippen molar-refractivity contribution in [2.45, 2.75) is 51.9 Å². The molecule has 0 heterocycles. The first-order chi connectivity index (χ1) is 9.07. The first kappa shape index (κ1) is 18.3. The zero-order chi connectivity index (χ0) is 16.0. The van der Waals surface area contributed by atoms with Crippen LogP contribution in [0.4, 0.5) is 0 Å². The highest BCUT2D eigenvalue weighted by Gasteiger charge is 2.31. The quantitative estimate of drug-likeness (QED) is 0.383. The van der Waals surface area contributed by atoms with Crippen molar-refractivity contribution in [2.24, 2.45) is 11.7 Å². The molecule has 0 aromatic rings. The summed E-state index contributed by atoms with van der Waals surface area (Å²) in [6.07, 6.45) is -1.26. The van der Waals surface area contributed by atoms with Crippen LogP contribution in [-0.2, 0) is 14.4 Å². The van der Waals surface area contributed by atoms with Crippen LogP contribution in [-0.4, -0.2) is 52.2 Å². The number of carboxylic acids is 1. The molecule has 0 fully saturated rings. The molecule has 0 aliphatic rings. The van der Waals surface area contributed by atoms with E-state index in [1.807, 2.05) is 0 Å². The summed E-state index contributed by atoms with van der Waals surface area (Å²) < 4.78 is 0. The van der Waals surface area contributed by atoms with Crippen LogP contribution in [0.1, 0.15) is 27.7 Å². The number of carboxylic acid groups (broad SMARTS) is 1. The van der Waals surface area contributed by atoms with Gasteiger partial charge in [-0.15, -0.1) is 0 Å². The molecule has 6 N–H and O–H groups in total. The van der Waals surface area contributed by atoms with Gasteiger partial charge in [0.1, 0.15) is 6.04 Å². The number of aliphatic hydroxyl groups excluding tert-OH is 1. The maximum atomic E-state index is 12.0. The molecule has 0 bridgehead atoms. The van der Waals surface area contributed by atoms with Gasteiger partial charge in [-0.25, -0.2) is 4.79 Å². The van der Waals surface area contributed by atoms with Crippen LogP contribution in [0.25, 0.3) is 0 Å². The van der Waals surface area contributed by atoms with Crippen molar-refractivity contribution in [3.63, 3.8) is 0 Å². The number of hydrogen-bond acceptors (Lipinski definition) is 5. The molecule has 0 aromatic heterocycles. The van der Waals surface area contributed by atoms with Gasteiger partial charge in [-0.2, -0.15) is 0 Å². The van der Waals surface area contributed by atoms with Gasteiger partial charge in [-0.1, -0.05) is 13.8 Å². The summed E-state index contributed by atoms with van der Waals surface area (Å²) in [6.45, 7) is 6.12. The summed E-state index contributed by atoms with van der Waals surface area (Å²) in [5.74, 6) is -2.81. The Bertz CT molecular complexity index is 368. The van der Waals surface area contributed by atoms with E-state index < -0.39 is 42.0 Å². The Balaban J connectivity index is 4.89. The Kier molecular flexibility index (Phi) is 7.16. The minimum atomic E-state index is -1.43. The highest BCUT2D eigenvalue weighted by molar-refractivity contribution is 5.91. The normalized spacial score (nSPS) is 16.9. The summed E-state index contributed by atoms with van der Waals surface area (Å²) in [7, 11) is 0. The van der Waals surface area contributed by atoms with Gasteiger partial charge in [0.05, 0.1) is 12.1 Å². The molecule has 2 amide bonds. The molecule has 8 nitrogen and oxygen atoms in total. The number of rotatable bonds is 7. The number of nitrogens with two attached hydrogens (primary N) is 1. The van der Waals surface area contributed by atoms with Crippen LogP contribution in [0.5, 0.6) is 0 Å². The standard InChI is InChI=1S/C12H23N3O5/c1-5(2)8(14-10(17)6(3)13)11(18)15-9(7(4)16)12(19)20/h5-9,16H,13H2,1-4H3,(H,14,17)(H,15,18)(H,19,20). The highest BCUT2D eigenvalue weighted by atomic mass is 16.4. The van der Waals surface area contributed by atoms with Gasteiger partial charge >= 0.3 is 5.97 Å². The third kappa shape index (κ3) is 5.54. The van der Waals surface area contributed by atoms with Crippen LogP contribution in [0.15, 0.2) is 0 Å². The van der Waals surface area contributed by atoms with Crippen LogP contribution >= 0.6 is 0 Å². The Hall–Kier alpha value is -1.67. The number of aliphatic carboxylic acids is 1. The Morgan fingerprint density at radius 1 is 0.950 bits per heavy atom. The molecule has 0 aliphatic heterocycles. The summed E-state index contributed by atoms with van der Waals surface area (Å²) >= 11 is 0. The highest BCUT2D eigenvalue weighted by Crippen LogP contribution is 2.04. The van der Waals surface area contributed by atoms with Gasteiger partial charge in [0.2, 0.25) is 11.8 Å². The van der Waals surface area contributed by atoms with Gasteiger partial charge < -0.3 is 26.6 Å². The molecule has 0 aliphatic carbocycles. The summed E-state index contributed by atoms with van der Waals surface area (Å²) in [4.78, 5) is 34.5. The second-order valence-corrected chi connectivity index (χ2v) is 5.08. The van der Waals surface area contributed by atoms with E-state index in [-0.39, 0.29) is 5.92 Å². The van der Waals surface area contributed by atoms with E-state index in [0.717, 1.165) is 0 Å². The molecule has 0 saturated heterocycles. The minimum absolute atomic E-state index is 0.263. The van der Waals surface area contributed by atoms with Gasteiger partial charge in [0, 0.05) is 0 Å². The fourth-order valence-corrected chi connectivity index (χ4v) is 1.45. The number of amides is 2. The van der Waals surface area contributed by atoms with E-state index in [9.17, 15) is 19.5 Å². The lowest BCUT2D eigenvalue weighted by Gasteiger charge is -2.25. The van der Waals surface area contributed by atoms with Crippen molar-refractivity contribution in [1.82, 2.24) is 10.6 Å². The Morgan fingerprint density at radius 3 is 1.70 bits per heavy atom. The number of hydrogen-bond donors (Lipinski definition) is 5. The van der Waals surface area contributed by atoms with Gasteiger partial charge in [0.15, 0.2) is 6.04 Å². The second-order valence-electron chi connectivity index (χ2n) is 5.08. The van der Waals surface area contributed by atoms with Crippen LogP contribution in [0, 0.1) is 5.92 Å². The van der Waals surface area contributed by atoms with Crippen LogP contribution < -0.4 is 16.4 Å². The molecule has 0 radical (unpaired) electrons. The third-order valence-electron chi connectivity index (χ3n) is 2.71. The van der Waals surface area contributed by atoms with Crippen LogP contribution in [0.2, 0.25) is 0 Å². The molecule has 0 saturated carbocycles. The first-order valence-electron chi connectivity index (χ1n) is 6.35. The SMILES string of the molecule is CC(N)C(=O)NC(C(=O)NC(C(=O)O)C(C)O)C(C)C. The molecule has 4 atom stereocenters. The lowest BCUT2D eigenvalue weighted by atomic mass is 10.0. The molecule has 20 heavy (non-hydrogen) atoms. The average Bonchev–Trinajstić information content (AvgIpc) is 2.30. The number of carbonyl (C=O) groups excluding carboxylic acids is 2. The zero-order valence-electron chi connectivity index (χ0n) is 12.1. The van der Waals surface area contributed by atoms with E-state index in [1.165, 1.54) is 13.8 Å². The van der Waals surface area contributed by atoms with Crippen molar-refractivity contribution < 1.29 is 24.6 Å². The summed E-state index contributed by atoms with van der Waals surface area (Å²) in [6, 6.07) is -3.14. The fraction of sp³-hybridized carbons (Fsp3) is 0.750. The smallest absolute Gasteiger partial charge is 0.328 e. The maximum absolute atomic E-state index is 12.0. The van der Waals surface area contributed by atoms with Crippen molar-refractivity contribution in [1.29, 1.82) is 0 Å². The van der Waals surface area contributed by atoms with E-state index in [4.69, 9.17) is 10.8 Å². The van der Waals surface area contributed by atoms with E-state index in [0.29, 0.717) is 0 Å². The predicted octanol–water partition coefficient (Wildman–Crippen LogP) is -1.58. The summed E-state index contributed by atoms with van der Waals surface area (Å²) in [5, 5.41) is 22.9. The second kappa shape index (κ2) is 7.81. The van der Waals surface area contributed by atoms with Crippen molar-refractivity contribution in [3.8, 4) is 0 Å². The number of carbonyl (C=O) groups is 3. The average molecular weight is 289 g/mol. The Labute approximate surface area is 117 Å². The maximum Gasteiger partial charge on any atom is 0.328 e. The molecule has 116 valence electrons. The van der Waals surface area contributed by atoms with Gasteiger partial charge in [-0.05, 0) is 19.8 Å². The van der Waals surface area contributed by atoms with E-state index >= 15 is 0 Å². The molecule has 0 aromatic carbocycles. The van der Waals surface area contributed by atoms with Crippen molar-refractivity contribution >= 4 is 17.8 Å². The molecule has 0 rings (SSSR count). The van der Waals surface area contributed by atoms with Gasteiger partial charge in [0.25, 0.3) is 0 Å². The fourth-order valence-electron chi connectivity index (χ4n) is 1.45. The number of nitrogens with one attached hydrogen (secondary N) is 2. The lowest BCUT2D eigenvalue weighted by molar-refractivity contribution is -0.145. The number of aliphatic hydroxyl groups is 1. The van der Waals surface area contributed by atoms with Crippen LogP contribution in [0.3, 0.4) is 0 Å². The van der Waals surface area contributed by atoms with Gasteiger partial charge in [-0.3, -0.25) is 9.59 Å². The van der Waals surface area contributed by atoms with E-state index in [1.54, 1.807) is 13.8 Å². The molecule has 4 unspecified atom stereocenters. The van der Waals surface area contributed by atoms with Crippen molar-refractivity contribution in [2.75, 3.05) is 0 Å².